The number of anilines is 1. The van der Waals surface area contributed by atoms with Crippen LogP contribution in [0.25, 0.3) is 0 Å². The van der Waals surface area contributed by atoms with Gasteiger partial charge in [0, 0.05) is 13.1 Å². The second-order valence-electron chi connectivity index (χ2n) is 5.23. The first kappa shape index (κ1) is 14.2. The number of hydrogen-bond acceptors (Lipinski definition) is 2. The highest BCUT2D eigenvalue weighted by atomic mass is 35.5. The molecule has 104 valence electrons. The van der Waals surface area contributed by atoms with Crippen LogP contribution in [0.1, 0.15) is 43.0 Å². The molecule has 0 radical (unpaired) electrons. The fraction of sp³-hybridized carbons (Fsp3) is 0.533. The first-order valence-electron chi connectivity index (χ1n) is 6.96. The van der Waals surface area contributed by atoms with Gasteiger partial charge in [0.15, 0.2) is 0 Å². The van der Waals surface area contributed by atoms with Gasteiger partial charge < -0.3 is 10.6 Å². The molecule has 3 nitrogen and oxygen atoms in total. The van der Waals surface area contributed by atoms with Gasteiger partial charge in [-0.15, -0.1) is 0 Å². The Kier molecular flexibility index (Phi) is 4.70. The highest BCUT2D eigenvalue weighted by Gasteiger charge is 2.24. The number of carbonyl (C=O) groups excluding carboxylic acids is 1. The lowest BCUT2D eigenvalue weighted by Crippen LogP contribution is -2.38. The lowest BCUT2D eigenvalue weighted by Gasteiger charge is -2.32. The van der Waals surface area contributed by atoms with E-state index in [-0.39, 0.29) is 5.91 Å². The van der Waals surface area contributed by atoms with Crippen molar-refractivity contribution < 1.29 is 4.79 Å². The molecule has 4 heteroatoms. The molecular formula is C15H21ClN2O. The minimum absolute atomic E-state index is 0.00671. The third kappa shape index (κ3) is 3.21. The predicted molar refractivity (Wildman–Crippen MR) is 79.4 cm³/mol. The van der Waals surface area contributed by atoms with Crippen molar-refractivity contribution in [1.82, 2.24) is 4.90 Å². The van der Waals surface area contributed by atoms with Crippen LogP contribution in [-0.4, -0.2) is 23.9 Å². The van der Waals surface area contributed by atoms with Crippen LogP contribution in [0.2, 0.25) is 5.02 Å². The Morgan fingerprint density at radius 2 is 2.11 bits per heavy atom. The third-order valence-corrected chi connectivity index (χ3v) is 4.28. The number of nitrogens with two attached hydrogens (primary N) is 1. The fourth-order valence-corrected chi connectivity index (χ4v) is 2.93. The van der Waals surface area contributed by atoms with Crippen molar-refractivity contribution in [2.24, 2.45) is 5.92 Å². The molecule has 1 aromatic rings. The van der Waals surface area contributed by atoms with Gasteiger partial charge in [-0.3, -0.25) is 4.79 Å². The van der Waals surface area contributed by atoms with E-state index in [0.717, 1.165) is 31.8 Å². The molecule has 2 N–H and O–H groups in total. The molecule has 0 aromatic heterocycles. The van der Waals surface area contributed by atoms with Gasteiger partial charge >= 0.3 is 0 Å². The van der Waals surface area contributed by atoms with Crippen LogP contribution in [0.5, 0.6) is 0 Å². The number of piperidine rings is 1. The largest absolute Gasteiger partial charge is 0.398 e. The van der Waals surface area contributed by atoms with Gasteiger partial charge in [0.05, 0.1) is 16.3 Å². The molecule has 0 bridgehead atoms. The van der Waals surface area contributed by atoms with Crippen molar-refractivity contribution in [1.29, 1.82) is 0 Å². The zero-order chi connectivity index (χ0) is 13.8. The van der Waals surface area contributed by atoms with Gasteiger partial charge in [-0.25, -0.2) is 0 Å². The molecule has 1 aliphatic heterocycles. The van der Waals surface area contributed by atoms with Crippen LogP contribution < -0.4 is 5.73 Å². The Morgan fingerprint density at radius 3 is 2.74 bits per heavy atom. The number of hydrogen-bond donors (Lipinski definition) is 1. The van der Waals surface area contributed by atoms with Crippen molar-refractivity contribution in [2.45, 2.75) is 32.6 Å². The van der Waals surface area contributed by atoms with E-state index in [2.05, 4.69) is 6.92 Å². The minimum Gasteiger partial charge on any atom is -0.398 e. The van der Waals surface area contributed by atoms with E-state index in [4.69, 9.17) is 17.3 Å². The highest BCUT2D eigenvalue weighted by Crippen LogP contribution is 2.27. The number of likely N-dealkylation sites (tertiary alicyclic amines) is 1. The molecule has 1 amide bonds. The van der Waals surface area contributed by atoms with Crippen molar-refractivity contribution in [3.05, 3.63) is 28.8 Å². The fourth-order valence-electron chi connectivity index (χ4n) is 2.72. The Bertz CT molecular complexity index is 453. The van der Waals surface area contributed by atoms with Crippen LogP contribution in [0.4, 0.5) is 5.69 Å². The number of benzene rings is 1. The molecule has 0 spiro atoms. The maximum absolute atomic E-state index is 12.4. The highest BCUT2D eigenvalue weighted by molar-refractivity contribution is 6.36. The van der Waals surface area contributed by atoms with Crippen molar-refractivity contribution in [2.75, 3.05) is 18.8 Å². The molecular weight excluding hydrogens is 260 g/mol. The summed E-state index contributed by atoms with van der Waals surface area (Å²) >= 11 is 6.11. The second kappa shape index (κ2) is 6.29. The average molecular weight is 281 g/mol. The van der Waals surface area contributed by atoms with Crippen LogP contribution in [0.15, 0.2) is 18.2 Å². The zero-order valence-electron chi connectivity index (χ0n) is 11.4. The molecule has 1 heterocycles. The standard InChI is InChI=1S/C15H21ClN2O/c1-2-4-11-7-9-18(10-8-11)15(19)12-5-3-6-13(17)14(12)16/h3,5-6,11H,2,4,7-10,17H2,1H3. The normalized spacial score (nSPS) is 16.6. The van der Waals surface area contributed by atoms with Crippen molar-refractivity contribution in [3.63, 3.8) is 0 Å². The summed E-state index contributed by atoms with van der Waals surface area (Å²) < 4.78 is 0. The third-order valence-electron chi connectivity index (χ3n) is 3.86. The Balaban J connectivity index is 2.03. The summed E-state index contributed by atoms with van der Waals surface area (Å²) in [6.07, 6.45) is 4.68. The monoisotopic (exact) mass is 280 g/mol. The second-order valence-corrected chi connectivity index (χ2v) is 5.61. The summed E-state index contributed by atoms with van der Waals surface area (Å²) in [7, 11) is 0. The lowest BCUT2D eigenvalue weighted by molar-refractivity contribution is 0.0687. The first-order valence-corrected chi connectivity index (χ1v) is 7.34. The number of rotatable bonds is 3. The number of nitrogens with zero attached hydrogens (tertiary/aromatic N) is 1. The van der Waals surface area contributed by atoms with Gasteiger partial charge in [0.1, 0.15) is 0 Å². The number of halogens is 1. The molecule has 19 heavy (non-hydrogen) atoms. The van der Waals surface area contributed by atoms with E-state index in [1.165, 1.54) is 12.8 Å². The molecule has 1 aliphatic rings. The number of amides is 1. The van der Waals surface area contributed by atoms with Crippen molar-refractivity contribution >= 4 is 23.2 Å². The molecule has 0 atom stereocenters. The molecule has 1 saturated heterocycles. The quantitative estimate of drug-likeness (QED) is 0.860. The minimum atomic E-state index is 0.00671. The lowest BCUT2D eigenvalue weighted by atomic mass is 9.92. The zero-order valence-corrected chi connectivity index (χ0v) is 12.1. The van der Waals surface area contributed by atoms with E-state index >= 15 is 0 Å². The SMILES string of the molecule is CCCC1CCN(C(=O)c2cccc(N)c2Cl)CC1. The summed E-state index contributed by atoms with van der Waals surface area (Å²) in [6.45, 7) is 3.87. The summed E-state index contributed by atoms with van der Waals surface area (Å²) in [5.41, 5.74) is 6.74. The van der Waals surface area contributed by atoms with E-state index in [1.807, 2.05) is 4.90 Å². The van der Waals surface area contributed by atoms with Gasteiger partial charge in [-0.05, 0) is 30.9 Å². The van der Waals surface area contributed by atoms with Gasteiger partial charge in [0.25, 0.3) is 5.91 Å². The Labute approximate surface area is 119 Å². The molecule has 2 rings (SSSR count). The predicted octanol–water partition coefficient (Wildman–Crippen LogP) is 3.57. The van der Waals surface area contributed by atoms with E-state index in [1.54, 1.807) is 18.2 Å². The molecule has 1 aromatic carbocycles. The van der Waals surface area contributed by atoms with Gasteiger partial charge in [0.2, 0.25) is 0 Å². The van der Waals surface area contributed by atoms with E-state index in [0.29, 0.717) is 16.3 Å². The summed E-state index contributed by atoms with van der Waals surface area (Å²) in [4.78, 5) is 14.3. The van der Waals surface area contributed by atoms with Crippen LogP contribution in [-0.2, 0) is 0 Å². The summed E-state index contributed by atoms with van der Waals surface area (Å²) in [6, 6.07) is 5.24. The van der Waals surface area contributed by atoms with Crippen molar-refractivity contribution in [3.8, 4) is 0 Å². The summed E-state index contributed by atoms with van der Waals surface area (Å²) in [5, 5.41) is 0.378. The van der Waals surface area contributed by atoms with E-state index in [9.17, 15) is 4.79 Å². The number of nitrogen functional groups attached to an aromatic ring is 1. The van der Waals surface area contributed by atoms with Gasteiger partial charge in [-0.2, -0.15) is 0 Å². The molecule has 0 aliphatic carbocycles. The van der Waals surface area contributed by atoms with Gasteiger partial charge in [-0.1, -0.05) is 37.4 Å². The maximum atomic E-state index is 12.4. The molecule has 0 saturated carbocycles. The van der Waals surface area contributed by atoms with Crippen LogP contribution >= 0.6 is 11.6 Å². The topological polar surface area (TPSA) is 46.3 Å². The average Bonchev–Trinajstić information content (AvgIpc) is 2.42. The maximum Gasteiger partial charge on any atom is 0.255 e. The first-order chi connectivity index (χ1) is 9.13. The molecule has 1 fully saturated rings. The Hall–Kier alpha value is -1.22. The molecule has 0 unspecified atom stereocenters. The Morgan fingerprint density at radius 1 is 1.42 bits per heavy atom. The van der Waals surface area contributed by atoms with Crippen LogP contribution in [0, 0.1) is 5.92 Å². The smallest absolute Gasteiger partial charge is 0.255 e. The number of carbonyl (C=O) groups is 1. The summed E-state index contributed by atoms with van der Waals surface area (Å²) in [5.74, 6) is 0.776. The van der Waals surface area contributed by atoms with E-state index < -0.39 is 0 Å². The van der Waals surface area contributed by atoms with Crippen LogP contribution in [0.3, 0.4) is 0 Å².